The van der Waals surface area contributed by atoms with E-state index in [1.807, 2.05) is 6.08 Å². The molecule has 0 aliphatic carbocycles. The van der Waals surface area contributed by atoms with Crippen molar-refractivity contribution in [3.63, 3.8) is 0 Å². The van der Waals surface area contributed by atoms with Gasteiger partial charge in [-0.3, -0.25) is 0 Å². The molecule has 0 fully saturated rings. The molecule has 0 saturated carbocycles. The molecule has 0 N–H and O–H groups in total. The zero-order chi connectivity index (χ0) is 11.1. The highest BCUT2D eigenvalue weighted by atomic mass is 14.1. The van der Waals surface area contributed by atoms with Gasteiger partial charge in [0.05, 0.1) is 0 Å². The lowest BCUT2D eigenvalue weighted by atomic mass is 9.92. The fraction of sp³-hybridized carbons (Fsp3) is 0.571. The Morgan fingerprint density at radius 3 is 2.21 bits per heavy atom. The fourth-order valence-corrected chi connectivity index (χ4v) is 1.47. The quantitative estimate of drug-likeness (QED) is 0.544. The van der Waals surface area contributed by atoms with Gasteiger partial charge < -0.3 is 0 Å². The summed E-state index contributed by atoms with van der Waals surface area (Å²) < 4.78 is 0. The molecule has 0 nitrogen and oxygen atoms in total. The summed E-state index contributed by atoms with van der Waals surface area (Å²) in [4.78, 5) is 0. The summed E-state index contributed by atoms with van der Waals surface area (Å²) in [6, 6.07) is 0. The molecule has 0 heteroatoms. The molecule has 0 saturated heterocycles. The minimum Gasteiger partial charge on any atom is -0.103 e. The number of rotatable bonds is 5. The zero-order valence-electron chi connectivity index (χ0n) is 10.4. The van der Waals surface area contributed by atoms with E-state index in [-0.39, 0.29) is 0 Å². The van der Waals surface area contributed by atoms with E-state index in [0.717, 1.165) is 6.42 Å². The Morgan fingerprint density at radius 2 is 1.79 bits per heavy atom. The molecule has 0 rings (SSSR count). The summed E-state index contributed by atoms with van der Waals surface area (Å²) in [5.41, 5.74) is 4.46. The summed E-state index contributed by atoms with van der Waals surface area (Å²) in [5.74, 6) is 0.666. The van der Waals surface area contributed by atoms with Gasteiger partial charge in [-0.2, -0.15) is 0 Å². The lowest BCUT2D eigenvalue weighted by molar-refractivity contribution is 0.665. The van der Waals surface area contributed by atoms with Crippen molar-refractivity contribution in [2.45, 2.75) is 47.5 Å². The van der Waals surface area contributed by atoms with E-state index in [2.05, 4.69) is 47.3 Å². The minimum absolute atomic E-state index is 0.666. The van der Waals surface area contributed by atoms with E-state index in [4.69, 9.17) is 0 Å². The average Bonchev–Trinajstić information content (AvgIpc) is 2.16. The Hall–Kier alpha value is -0.780. The number of hydrogen-bond donors (Lipinski definition) is 0. The van der Waals surface area contributed by atoms with Crippen LogP contribution in [0, 0.1) is 5.92 Å². The molecular formula is C14H24. The van der Waals surface area contributed by atoms with Gasteiger partial charge in [-0.1, -0.05) is 35.8 Å². The van der Waals surface area contributed by atoms with Gasteiger partial charge in [0.25, 0.3) is 0 Å². The van der Waals surface area contributed by atoms with Gasteiger partial charge in [-0.25, -0.2) is 0 Å². The highest BCUT2D eigenvalue weighted by Crippen LogP contribution is 2.22. The van der Waals surface area contributed by atoms with Gasteiger partial charge in [0, 0.05) is 0 Å². The second-order valence-corrected chi connectivity index (χ2v) is 4.19. The van der Waals surface area contributed by atoms with Crippen molar-refractivity contribution in [1.29, 1.82) is 0 Å². The summed E-state index contributed by atoms with van der Waals surface area (Å²) in [6.07, 6.45) is 6.39. The van der Waals surface area contributed by atoms with Gasteiger partial charge in [-0.05, 0) is 46.5 Å². The number of hydrogen-bond acceptors (Lipinski definition) is 0. The van der Waals surface area contributed by atoms with E-state index in [0.29, 0.717) is 5.92 Å². The van der Waals surface area contributed by atoms with Crippen molar-refractivity contribution in [3.8, 4) is 0 Å². The van der Waals surface area contributed by atoms with Crippen LogP contribution in [0.5, 0.6) is 0 Å². The molecular weight excluding hydrogens is 168 g/mol. The Kier molecular flexibility index (Phi) is 6.27. The van der Waals surface area contributed by atoms with E-state index in [1.165, 1.54) is 23.1 Å². The second-order valence-electron chi connectivity index (χ2n) is 4.19. The monoisotopic (exact) mass is 192 g/mol. The third-order valence-corrected chi connectivity index (χ3v) is 3.02. The van der Waals surface area contributed by atoms with Crippen LogP contribution in [-0.2, 0) is 0 Å². The summed E-state index contributed by atoms with van der Waals surface area (Å²) in [7, 11) is 0. The van der Waals surface area contributed by atoms with Crippen LogP contribution < -0.4 is 0 Å². The predicted octanol–water partition coefficient (Wildman–Crippen LogP) is 4.89. The molecule has 0 radical (unpaired) electrons. The molecule has 14 heavy (non-hydrogen) atoms. The summed E-state index contributed by atoms with van der Waals surface area (Å²) in [5, 5.41) is 0. The maximum Gasteiger partial charge on any atom is -0.0142 e. The first-order valence-corrected chi connectivity index (χ1v) is 5.41. The maximum atomic E-state index is 3.77. The Morgan fingerprint density at radius 1 is 1.21 bits per heavy atom. The SMILES string of the molecule is C=CC/C(C)=C(/C)CC(C)C(C)=CC. The highest BCUT2D eigenvalue weighted by Gasteiger charge is 2.05. The van der Waals surface area contributed by atoms with Crippen LogP contribution in [0.2, 0.25) is 0 Å². The standard InChI is InChI=1S/C14H24/c1-7-9-12(4)14(6)10-13(5)11(3)8-2/h7-8,13H,1,9-10H2,2-6H3/b11-8?,14-12-. The van der Waals surface area contributed by atoms with Crippen molar-refractivity contribution >= 4 is 0 Å². The van der Waals surface area contributed by atoms with E-state index in [1.54, 1.807) is 0 Å². The van der Waals surface area contributed by atoms with Crippen LogP contribution >= 0.6 is 0 Å². The first-order chi connectivity index (χ1) is 6.52. The van der Waals surface area contributed by atoms with Crippen molar-refractivity contribution in [2.75, 3.05) is 0 Å². The highest BCUT2D eigenvalue weighted by molar-refractivity contribution is 5.15. The lowest BCUT2D eigenvalue weighted by Gasteiger charge is -2.14. The summed E-state index contributed by atoms with van der Waals surface area (Å²) in [6.45, 7) is 14.8. The zero-order valence-corrected chi connectivity index (χ0v) is 10.4. The average molecular weight is 192 g/mol. The van der Waals surface area contributed by atoms with Crippen LogP contribution in [0.15, 0.2) is 35.5 Å². The van der Waals surface area contributed by atoms with E-state index < -0.39 is 0 Å². The summed E-state index contributed by atoms with van der Waals surface area (Å²) >= 11 is 0. The van der Waals surface area contributed by atoms with Crippen LogP contribution in [0.25, 0.3) is 0 Å². The normalized spacial score (nSPS) is 16.2. The van der Waals surface area contributed by atoms with Gasteiger partial charge in [-0.15, -0.1) is 6.58 Å². The van der Waals surface area contributed by atoms with Crippen molar-refractivity contribution in [3.05, 3.63) is 35.5 Å². The van der Waals surface area contributed by atoms with Crippen LogP contribution in [0.4, 0.5) is 0 Å². The first kappa shape index (κ1) is 13.2. The molecule has 0 bridgehead atoms. The Bertz CT molecular complexity index is 241. The smallest absolute Gasteiger partial charge is 0.0142 e. The first-order valence-electron chi connectivity index (χ1n) is 5.41. The Balaban J connectivity index is 4.37. The minimum atomic E-state index is 0.666. The van der Waals surface area contributed by atoms with E-state index in [9.17, 15) is 0 Å². The third kappa shape index (κ3) is 4.45. The molecule has 0 aliphatic rings. The topological polar surface area (TPSA) is 0 Å². The molecule has 0 aromatic carbocycles. The van der Waals surface area contributed by atoms with Crippen LogP contribution in [0.3, 0.4) is 0 Å². The largest absolute Gasteiger partial charge is 0.103 e. The number of allylic oxidation sites excluding steroid dienone is 5. The molecule has 0 aromatic heterocycles. The van der Waals surface area contributed by atoms with Crippen molar-refractivity contribution < 1.29 is 0 Å². The fourth-order valence-electron chi connectivity index (χ4n) is 1.47. The van der Waals surface area contributed by atoms with Crippen LogP contribution in [0.1, 0.15) is 47.5 Å². The predicted molar refractivity (Wildman–Crippen MR) is 66.4 cm³/mol. The van der Waals surface area contributed by atoms with E-state index >= 15 is 0 Å². The van der Waals surface area contributed by atoms with Crippen molar-refractivity contribution in [2.24, 2.45) is 5.92 Å². The molecule has 0 spiro atoms. The van der Waals surface area contributed by atoms with Gasteiger partial charge in [0.15, 0.2) is 0 Å². The lowest BCUT2D eigenvalue weighted by Crippen LogP contribution is -1.98. The molecule has 0 aromatic rings. The third-order valence-electron chi connectivity index (χ3n) is 3.02. The molecule has 0 aliphatic heterocycles. The molecule has 80 valence electrons. The van der Waals surface area contributed by atoms with Crippen molar-refractivity contribution in [1.82, 2.24) is 0 Å². The van der Waals surface area contributed by atoms with Gasteiger partial charge in [0.2, 0.25) is 0 Å². The second kappa shape index (κ2) is 6.64. The molecule has 0 heterocycles. The molecule has 1 unspecified atom stereocenters. The van der Waals surface area contributed by atoms with Gasteiger partial charge in [0.1, 0.15) is 0 Å². The molecule has 0 amide bonds. The Labute approximate surface area is 89.4 Å². The van der Waals surface area contributed by atoms with Gasteiger partial charge >= 0.3 is 0 Å². The molecule has 1 atom stereocenters. The maximum absolute atomic E-state index is 3.77. The van der Waals surface area contributed by atoms with Crippen LogP contribution in [-0.4, -0.2) is 0 Å².